The molecule has 1 aromatic heterocycles. The second-order valence-electron chi connectivity index (χ2n) is 4.67. The number of hydrogen-bond donors (Lipinski definition) is 1. The van der Waals surface area contributed by atoms with Gasteiger partial charge in [-0.1, -0.05) is 18.2 Å². The number of hydrogen-bond acceptors (Lipinski definition) is 3. The van der Waals surface area contributed by atoms with E-state index < -0.39 is 6.09 Å². The van der Waals surface area contributed by atoms with Crippen molar-refractivity contribution in [1.29, 1.82) is 0 Å². The molecule has 98 valence electrons. The van der Waals surface area contributed by atoms with Crippen LogP contribution in [0.2, 0.25) is 0 Å². The third-order valence-corrected chi connectivity index (χ3v) is 3.16. The summed E-state index contributed by atoms with van der Waals surface area (Å²) in [5.74, 6) is 1.78. The first-order valence-electron chi connectivity index (χ1n) is 6.30. The molecule has 1 heterocycles. The van der Waals surface area contributed by atoms with Crippen LogP contribution < -0.4 is 10.1 Å². The molecule has 0 atom stereocenters. The summed E-state index contributed by atoms with van der Waals surface area (Å²) in [6.45, 7) is 0. The second kappa shape index (κ2) is 4.76. The van der Waals surface area contributed by atoms with Gasteiger partial charge in [-0.15, -0.1) is 0 Å². The number of nitrogens with zero attached hydrogens (tertiary/aromatic N) is 2. The first kappa shape index (κ1) is 11.8. The summed E-state index contributed by atoms with van der Waals surface area (Å²) in [7, 11) is 1.81. The van der Waals surface area contributed by atoms with Crippen LogP contribution in [0.25, 0.3) is 0 Å². The van der Waals surface area contributed by atoms with Crippen LogP contribution in [0, 0.1) is 0 Å². The molecule has 19 heavy (non-hydrogen) atoms. The number of aromatic nitrogens is 2. The summed E-state index contributed by atoms with van der Waals surface area (Å²) in [6.07, 6.45) is 3.65. The highest BCUT2D eigenvalue weighted by Gasteiger charge is 2.29. The van der Waals surface area contributed by atoms with Gasteiger partial charge < -0.3 is 4.74 Å². The molecule has 0 unspecified atom stereocenters. The van der Waals surface area contributed by atoms with E-state index in [1.165, 1.54) is 0 Å². The minimum absolute atomic E-state index is 0.489. The van der Waals surface area contributed by atoms with Crippen molar-refractivity contribution in [3.05, 3.63) is 42.1 Å². The summed E-state index contributed by atoms with van der Waals surface area (Å²) in [6, 6.07) is 9.00. The number of carbonyl (C=O) groups is 1. The van der Waals surface area contributed by atoms with Crippen LogP contribution in [0.3, 0.4) is 0 Å². The molecule has 2 aromatic rings. The summed E-state index contributed by atoms with van der Waals surface area (Å²) >= 11 is 0. The van der Waals surface area contributed by atoms with Gasteiger partial charge in [-0.2, -0.15) is 5.10 Å². The number of aryl methyl sites for hydroxylation is 1. The Bertz CT molecular complexity index is 588. The number of amides is 1. The Kier molecular flexibility index (Phi) is 2.95. The molecule has 0 aliphatic heterocycles. The highest BCUT2D eigenvalue weighted by molar-refractivity contribution is 5.86. The molecule has 1 fully saturated rings. The SMILES string of the molecule is Cn1ncc(C2CC2)c1NC(=O)Oc1ccccc1. The van der Waals surface area contributed by atoms with E-state index in [2.05, 4.69) is 10.4 Å². The minimum Gasteiger partial charge on any atom is -0.410 e. The molecule has 5 heteroatoms. The monoisotopic (exact) mass is 257 g/mol. The Morgan fingerprint density at radius 2 is 2.11 bits per heavy atom. The van der Waals surface area contributed by atoms with Gasteiger partial charge in [0.2, 0.25) is 0 Å². The minimum atomic E-state index is -0.489. The van der Waals surface area contributed by atoms with Crippen molar-refractivity contribution >= 4 is 11.9 Å². The average Bonchev–Trinajstić information content (AvgIpc) is 3.18. The number of ether oxygens (including phenoxy) is 1. The maximum absolute atomic E-state index is 11.9. The predicted octanol–water partition coefficient (Wildman–Crippen LogP) is 2.91. The molecule has 1 saturated carbocycles. The number of carbonyl (C=O) groups excluding carboxylic acids is 1. The third-order valence-electron chi connectivity index (χ3n) is 3.16. The molecular weight excluding hydrogens is 242 g/mol. The molecule has 1 aliphatic carbocycles. The first-order valence-corrected chi connectivity index (χ1v) is 6.30. The van der Waals surface area contributed by atoms with Crippen LogP contribution in [0.4, 0.5) is 10.6 Å². The number of benzene rings is 1. The van der Waals surface area contributed by atoms with Crippen LogP contribution in [0.5, 0.6) is 5.75 Å². The van der Waals surface area contributed by atoms with Crippen molar-refractivity contribution in [2.75, 3.05) is 5.32 Å². The van der Waals surface area contributed by atoms with Crippen molar-refractivity contribution in [2.45, 2.75) is 18.8 Å². The lowest BCUT2D eigenvalue weighted by Gasteiger charge is -2.08. The maximum Gasteiger partial charge on any atom is 0.418 e. The van der Waals surface area contributed by atoms with E-state index >= 15 is 0 Å². The van der Waals surface area contributed by atoms with Crippen molar-refractivity contribution in [2.24, 2.45) is 7.05 Å². The van der Waals surface area contributed by atoms with Crippen molar-refractivity contribution < 1.29 is 9.53 Å². The molecule has 1 amide bonds. The smallest absolute Gasteiger partial charge is 0.410 e. The zero-order valence-electron chi connectivity index (χ0n) is 10.7. The normalized spacial score (nSPS) is 14.2. The summed E-state index contributed by atoms with van der Waals surface area (Å²) in [5, 5.41) is 6.95. The fraction of sp³-hybridized carbons (Fsp3) is 0.286. The molecule has 0 bridgehead atoms. The van der Waals surface area contributed by atoms with E-state index in [1.54, 1.807) is 16.8 Å². The van der Waals surface area contributed by atoms with E-state index in [0.29, 0.717) is 11.7 Å². The van der Waals surface area contributed by atoms with Gasteiger partial charge in [-0.3, -0.25) is 10.00 Å². The number of para-hydroxylation sites is 1. The molecule has 0 saturated heterocycles. The zero-order valence-corrected chi connectivity index (χ0v) is 10.7. The molecule has 0 radical (unpaired) electrons. The van der Waals surface area contributed by atoms with Crippen LogP contribution >= 0.6 is 0 Å². The van der Waals surface area contributed by atoms with Crippen LogP contribution in [-0.2, 0) is 7.05 Å². The quantitative estimate of drug-likeness (QED) is 0.919. The van der Waals surface area contributed by atoms with E-state index in [0.717, 1.165) is 24.2 Å². The largest absolute Gasteiger partial charge is 0.418 e. The third kappa shape index (κ3) is 2.59. The van der Waals surface area contributed by atoms with E-state index in [9.17, 15) is 4.79 Å². The molecular formula is C14H15N3O2. The zero-order chi connectivity index (χ0) is 13.2. The predicted molar refractivity (Wildman–Crippen MR) is 71.3 cm³/mol. The van der Waals surface area contributed by atoms with Crippen molar-refractivity contribution in [3.8, 4) is 5.75 Å². The van der Waals surface area contributed by atoms with Gasteiger partial charge in [0.15, 0.2) is 0 Å². The van der Waals surface area contributed by atoms with Crippen LogP contribution in [-0.4, -0.2) is 15.9 Å². The van der Waals surface area contributed by atoms with Gasteiger partial charge in [0.25, 0.3) is 0 Å². The van der Waals surface area contributed by atoms with Crippen molar-refractivity contribution in [3.63, 3.8) is 0 Å². The summed E-state index contributed by atoms with van der Waals surface area (Å²) in [4.78, 5) is 11.9. The lowest BCUT2D eigenvalue weighted by atomic mass is 10.2. The number of nitrogens with one attached hydrogen (secondary N) is 1. The number of rotatable bonds is 3. The average molecular weight is 257 g/mol. The summed E-state index contributed by atoms with van der Waals surface area (Å²) < 4.78 is 6.87. The van der Waals surface area contributed by atoms with Gasteiger partial charge in [0.1, 0.15) is 11.6 Å². The summed E-state index contributed by atoms with van der Waals surface area (Å²) in [5.41, 5.74) is 1.09. The Labute approximate surface area is 111 Å². The van der Waals surface area contributed by atoms with Crippen LogP contribution in [0.1, 0.15) is 24.3 Å². The first-order chi connectivity index (χ1) is 9.24. The maximum atomic E-state index is 11.9. The molecule has 0 spiro atoms. The standard InChI is InChI=1S/C14H15N3O2/c1-17-13(12(9-15-17)10-7-8-10)16-14(18)19-11-5-3-2-4-6-11/h2-6,9-10H,7-8H2,1H3,(H,16,18). The fourth-order valence-electron chi connectivity index (χ4n) is 2.02. The highest BCUT2D eigenvalue weighted by Crippen LogP contribution is 2.43. The van der Waals surface area contributed by atoms with Gasteiger partial charge in [-0.05, 0) is 30.9 Å². The molecule has 5 nitrogen and oxygen atoms in total. The molecule has 1 aromatic carbocycles. The lowest BCUT2D eigenvalue weighted by molar-refractivity contribution is 0.215. The van der Waals surface area contributed by atoms with E-state index in [4.69, 9.17) is 4.74 Å². The van der Waals surface area contributed by atoms with Gasteiger partial charge in [0.05, 0.1) is 6.20 Å². The topological polar surface area (TPSA) is 56.2 Å². The molecule has 1 aliphatic rings. The Morgan fingerprint density at radius 3 is 2.79 bits per heavy atom. The van der Waals surface area contributed by atoms with Gasteiger partial charge in [0, 0.05) is 12.6 Å². The second-order valence-corrected chi connectivity index (χ2v) is 4.67. The van der Waals surface area contributed by atoms with E-state index in [-0.39, 0.29) is 0 Å². The van der Waals surface area contributed by atoms with Gasteiger partial charge >= 0.3 is 6.09 Å². The van der Waals surface area contributed by atoms with E-state index in [1.807, 2.05) is 31.4 Å². The molecule has 1 N–H and O–H groups in total. The lowest BCUT2D eigenvalue weighted by Crippen LogP contribution is -2.19. The Balaban J connectivity index is 1.71. The number of anilines is 1. The van der Waals surface area contributed by atoms with Crippen LogP contribution in [0.15, 0.2) is 36.5 Å². The molecule has 3 rings (SSSR count). The highest BCUT2D eigenvalue weighted by atomic mass is 16.6. The Hall–Kier alpha value is -2.30. The Morgan fingerprint density at radius 1 is 1.37 bits per heavy atom. The van der Waals surface area contributed by atoms with Gasteiger partial charge in [-0.25, -0.2) is 4.79 Å². The van der Waals surface area contributed by atoms with Crippen molar-refractivity contribution in [1.82, 2.24) is 9.78 Å². The fourth-order valence-corrected chi connectivity index (χ4v) is 2.02.